The molecule has 1 saturated heterocycles. The van der Waals surface area contributed by atoms with Gasteiger partial charge in [0.25, 0.3) is 0 Å². The van der Waals surface area contributed by atoms with E-state index in [2.05, 4.69) is 61.3 Å². The van der Waals surface area contributed by atoms with Crippen LogP contribution in [0.2, 0.25) is 0 Å². The maximum atomic E-state index is 13.5. The summed E-state index contributed by atoms with van der Waals surface area (Å²) in [5, 5.41) is 13.1. The maximum Gasteiger partial charge on any atom is 0.130 e. The second-order valence-corrected chi connectivity index (χ2v) is 11.8. The molecule has 0 bridgehead atoms. The molecule has 0 amide bonds. The van der Waals surface area contributed by atoms with E-state index in [1.54, 1.807) is 48.6 Å². The van der Waals surface area contributed by atoms with E-state index in [1.165, 1.54) is 24.8 Å². The van der Waals surface area contributed by atoms with Crippen molar-refractivity contribution in [1.29, 1.82) is 0 Å². The van der Waals surface area contributed by atoms with Crippen molar-refractivity contribution >= 4 is 19.8 Å². The molecule has 3 unspecified atom stereocenters. The van der Waals surface area contributed by atoms with Gasteiger partial charge < -0.3 is 9.26 Å². The summed E-state index contributed by atoms with van der Waals surface area (Å²) in [5.41, 5.74) is -1.05. The van der Waals surface area contributed by atoms with Gasteiger partial charge in [0.15, 0.2) is 0 Å². The van der Waals surface area contributed by atoms with Crippen LogP contribution in [0.25, 0.3) is 6.08 Å². The van der Waals surface area contributed by atoms with Crippen LogP contribution in [-0.4, -0.2) is 52.6 Å². The minimum absolute atomic E-state index is 0.00568. The summed E-state index contributed by atoms with van der Waals surface area (Å²) in [6, 6.07) is 7.17. The van der Waals surface area contributed by atoms with E-state index in [4.69, 9.17) is 13.8 Å². The molecule has 1 aliphatic heterocycles. The van der Waals surface area contributed by atoms with Crippen molar-refractivity contribution in [3.63, 3.8) is 0 Å². The van der Waals surface area contributed by atoms with Gasteiger partial charge in [-0.25, -0.2) is 4.57 Å². The largest absolute Gasteiger partial charge is 0.413 e. The fourth-order valence-corrected chi connectivity index (χ4v) is 5.21. The molecule has 208 valence electrons. The van der Waals surface area contributed by atoms with Gasteiger partial charge in [0, 0.05) is 0 Å². The molecular formula is C24H30N3O9PXe. The number of hydrogen-bond acceptors (Lipinski definition) is 9. The molecule has 3 rings (SSSR count). The van der Waals surface area contributed by atoms with Gasteiger partial charge in [0.2, 0.25) is 0 Å². The third kappa shape index (κ3) is 8.65. The molecule has 1 aliphatic rings. The van der Waals surface area contributed by atoms with Gasteiger partial charge in [-0.3, -0.25) is 4.79 Å². The Morgan fingerprint density at radius 1 is 1.37 bits per heavy atom. The second-order valence-electron chi connectivity index (χ2n) is 8.37. The summed E-state index contributed by atoms with van der Waals surface area (Å²) >= 11 is 2.12. The molecule has 0 radical (unpaired) electrons. The number of benzene rings is 1. The molecule has 3 N–H and O–H groups in total. The van der Waals surface area contributed by atoms with Crippen molar-refractivity contribution in [3.8, 4) is 5.75 Å². The number of nitrogens with one attached hydrogen (secondary N) is 2. The number of H-pyrrole nitrogens is 1. The van der Waals surface area contributed by atoms with Gasteiger partial charge in [0.05, 0.1) is 7.11 Å². The summed E-state index contributed by atoms with van der Waals surface area (Å²) in [4.78, 5) is 38.8. The van der Waals surface area contributed by atoms with E-state index in [0.717, 1.165) is 0.0410 Å². The van der Waals surface area contributed by atoms with Gasteiger partial charge in [-0.05, 0) is 19.1 Å². The number of esters is 1. The zero-order valence-electron chi connectivity index (χ0n) is 20.9. The topological polar surface area (TPSA) is 158 Å². The maximum absolute atomic E-state index is 13.5. The van der Waals surface area contributed by atoms with Crippen molar-refractivity contribution < 1.29 is 79.5 Å². The smallest absolute Gasteiger partial charge is 0.130 e. The minimum Gasteiger partial charge on any atom is -0.413 e. The predicted octanol–water partition coefficient (Wildman–Crippen LogP) is 1.74. The molecule has 0 aliphatic carbocycles. The van der Waals surface area contributed by atoms with Crippen LogP contribution < -0.4 is 20.9 Å². The van der Waals surface area contributed by atoms with Gasteiger partial charge in [-0.1, -0.05) is 18.2 Å². The molecule has 2 heterocycles. The van der Waals surface area contributed by atoms with Crippen LogP contribution in [0.15, 0.2) is 58.3 Å². The van der Waals surface area contributed by atoms with Crippen molar-refractivity contribution in [2.24, 2.45) is 0 Å². The summed E-state index contributed by atoms with van der Waals surface area (Å²) in [6.45, 7) is 2.92. The van der Waals surface area contributed by atoms with Gasteiger partial charge in [-0.15, -0.1) is 0 Å². The zero-order valence-corrected chi connectivity index (χ0v) is 24.0. The van der Waals surface area contributed by atoms with Crippen LogP contribution in [0.5, 0.6) is 5.75 Å². The van der Waals surface area contributed by atoms with Gasteiger partial charge in [-0.2, -0.15) is 5.09 Å². The summed E-state index contributed by atoms with van der Waals surface area (Å²) in [5.74, 6) is -0.465. The molecule has 5 atom stereocenters. The standard InChI is InChI=1S/C24H30N3O9PXe/c1-15(38)8-7-9-17-13-27(24(31)25-22(17)29)21-12-19(28)20(35-21)14-34-37(32,26-16(2)23(30)33-3)36-18-10-5-4-6-11-18/h4-11,13,16,19-21,28,38H,12,14H2,1-3H3,(H,26,32)(H,25,29,31)/t16-,19?,20?,21+,37?/m0/s1. The number of ether oxygens (including phenoxy) is 2. The van der Waals surface area contributed by atoms with E-state index >= 15 is 0 Å². The van der Waals surface area contributed by atoms with Crippen LogP contribution in [-0.2, 0) is 23.4 Å². The Hall–Kier alpha value is -1.71. The number of allylic oxidation sites excluding steroid dienone is 3. The fraction of sp³-hybridized carbons (Fsp3) is 0.375. The fourth-order valence-electron chi connectivity index (χ4n) is 3.50. The summed E-state index contributed by atoms with van der Waals surface area (Å²) in [7, 11) is -2.96. The third-order valence-electron chi connectivity index (χ3n) is 5.40. The first-order chi connectivity index (χ1) is 18.0. The van der Waals surface area contributed by atoms with Crippen LogP contribution in [0.4, 0.5) is 0 Å². The molecular weight excluding hydrogens is 637 g/mol. The van der Waals surface area contributed by atoms with Crippen LogP contribution in [0, 0.1) is 46.5 Å². The predicted molar refractivity (Wildman–Crippen MR) is 135 cm³/mol. The minimum atomic E-state index is -4.15. The van der Waals surface area contributed by atoms with Crippen LogP contribution >= 0.6 is 7.75 Å². The number of aliphatic hydroxyl groups is 1. The average molecular weight is 667 g/mol. The average Bonchev–Trinajstić information content (AvgIpc) is 3.24. The normalized spacial score (nSPS) is 22.3. The van der Waals surface area contributed by atoms with Crippen LogP contribution in [0.3, 0.4) is 0 Å². The quantitative estimate of drug-likeness (QED) is 0.183. The molecule has 38 heavy (non-hydrogen) atoms. The monoisotopic (exact) mass is 667 g/mol. The van der Waals surface area contributed by atoms with Gasteiger partial charge >= 0.3 is 173 Å². The van der Waals surface area contributed by atoms with E-state index in [0.29, 0.717) is 0 Å². The number of methoxy groups -OCH3 is 1. The number of para-hydroxylation sites is 1. The molecule has 1 fully saturated rings. The molecule has 14 heteroatoms. The number of aliphatic hydroxyl groups excluding tert-OH is 1. The number of aromatic nitrogens is 2. The third-order valence-corrected chi connectivity index (χ3v) is 7.40. The first kappa shape index (κ1) is 30.8. The number of carbonyl (C=O) groups excluding carboxylic acids is 1. The molecule has 0 saturated carbocycles. The Morgan fingerprint density at radius 3 is 2.74 bits per heavy atom. The molecule has 2 aromatic rings. The molecule has 1 aromatic heterocycles. The van der Waals surface area contributed by atoms with E-state index in [9.17, 15) is 24.1 Å². The summed E-state index contributed by atoms with van der Waals surface area (Å²) in [6.07, 6.45) is 3.36. The number of nitrogens with zero attached hydrogens (tertiary/aromatic N) is 1. The second kappa shape index (κ2) is 14.1. The SMILES string of the molecule is COC(=O)[C@H](C)NP(=O)(OCC1O[C@@H](n2cc(C=CC=C(C)[XeH])c(=O)[nH]c2=O)CC1O)Oc1ccccc1. The number of carbonyl (C=O) groups is 1. The Bertz CT molecular complexity index is 1340. The first-order valence-electron chi connectivity index (χ1n) is 11.6. The molecule has 1 aromatic carbocycles. The summed E-state index contributed by atoms with van der Waals surface area (Å²) < 4.78 is 37.3. The molecule has 0 spiro atoms. The van der Waals surface area contributed by atoms with E-state index in [1.807, 2.05) is 6.92 Å². The van der Waals surface area contributed by atoms with Crippen molar-refractivity contribution in [1.82, 2.24) is 14.6 Å². The van der Waals surface area contributed by atoms with Gasteiger partial charge in [0.1, 0.15) is 11.8 Å². The van der Waals surface area contributed by atoms with Crippen molar-refractivity contribution in [2.75, 3.05) is 13.7 Å². The zero-order chi connectivity index (χ0) is 27.9. The van der Waals surface area contributed by atoms with Crippen molar-refractivity contribution in [3.05, 3.63) is 75.1 Å². The Balaban J connectivity index is 1.76. The Morgan fingerprint density at radius 2 is 2.08 bits per heavy atom. The Labute approximate surface area is 251 Å². The number of aromatic amines is 1. The Kier molecular flexibility index (Phi) is 11.4. The van der Waals surface area contributed by atoms with E-state index < -0.39 is 56.0 Å². The van der Waals surface area contributed by atoms with Crippen molar-refractivity contribution in [2.45, 2.75) is 44.7 Å². The van der Waals surface area contributed by atoms with E-state index in [-0.39, 0.29) is 17.7 Å². The van der Waals surface area contributed by atoms with Crippen LogP contribution in [0.1, 0.15) is 32.1 Å². The number of hydrogen-bond donors (Lipinski definition) is 3. The molecule has 12 nitrogen and oxygen atoms in total. The first-order valence-corrected chi connectivity index (χ1v) is 14.2. The number of rotatable bonds is 11.